The number of nitrogens with one attached hydrogen (secondary N) is 1. The van der Waals surface area contributed by atoms with Gasteiger partial charge in [-0.05, 0) is 36.8 Å². The van der Waals surface area contributed by atoms with E-state index in [1.165, 1.54) is 0 Å². The van der Waals surface area contributed by atoms with Crippen molar-refractivity contribution in [3.63, 3.8) is 0 Å². The fraction of sp³-hybridized carbons (Fsp3) is 0.118. The molecule has 0 aliphatic heterocycles. The fourth-order valence-electron chi connectivity index (χ4n) is 2.10. The van der Waals surface area contributed by atoms with Crippen LogP contribution in [0.1, 0.15) is 16.2 Å². The Morgan fingerprint density at radius 1 is 1.21 bits per heavy atom. The highest BCUT2D eigenvalue weighted by molar-refractivity contribution is 9.10. The lowest BCUT2D eigenvalue weighted by atomic mass is 10.2. The summed E-state index contributed by atoms with van der Waals surface area (Å²) in [5.74, 6) is 0.227. The molecule has 0 saturated carbocycles. The molecule has 6 nitrogen and oxygen atoms in total. The van der Waals surface area contributed by atoms with Gasteiger partial charge in [0.15, 0.2) is 0 Å². The van der Waals surface area contributed by atoms with Crippen molar-refractivity contribution in [2.24, 2.45) is 0 Å². The van der Waals surface area contributed by atoms with Crippen LogP contribution in [0.2, 0.25) is 0 Å². The van der Waals surface area contributed by atoms with Crippen LogP contribution in [0.3, 0.4) is 0 Å². The lowest BCUT2D eigenvalue weighted by molar-refractivity contribution is 0.0991. The molecule has 122 valence electrons. The molecular weight excluding hydrogens is 374 g/mol. The van der Waals surface area contributed by atoms with E-state index < -0.39 is 5.91 Å². The number of para-hydroxylation sites is 1. The molecule has 0 saturated heterocycles. The smallest absolute Gasteiger partial charge is 0.313 e. The summed E-state index contributed by atoms with van der Waals surface area (Å²) in [7, 11) is 1.55. The quantitative estimate of drug-likeness (QED) is 0.729. The molecule has 0 unspecified atom stereocenters. The number of aryl methyl sites for hydroxylation is 1. The van der Waals surface area contributed by atoms with Gasteiger partial charge < -0.3 is 14.5 Å². The first kappa shape index (κ1) is 16.2. The minimum atomic E-state index is -0.473. The van der Waals surface area contributed by atoms with Crippen molar-refractivity contribution in [3.05, 3.63) is 58.4 Å². The lowest BCUT2D eigenvalue weighted by Gasteiger charge is -2.05. The van der Waals surface area contributed by atoms with Crippen LogP contribution in [-0.2, 0) is 0 Å². The summed E-state index contributed by atoms with van der Waals surface area (Å²) >= 11 is 3.43. The van der Waals surface area contributed by atoms with Gasteiger partial charge in [-0.15, -0.1) is 10.2 Å². The van der Waals surface area contributed by atoms with E-state index in [1.54, 1.807) is 25.3 Å². The summed E-state index contributed by atoms with van der Waals surface area (Å²) in [6, 6.07) is 12.7. The van der Waals surface area contributed by atoms with Crippen LogP contribution in [0.5, 0.6) is 5.75 Å². The SMILES string of the molecule is COc1ccccc1-c1nnc(C(=O)Nc2ccc(C)c(Br)c2)o1. The van der Waals surface area contributed by atoms with Gasteiger partial charge in [-0.2, -0.15) is 0 Å². The second kappa shape index (κ2) is 6.84. The number of rotatable bonds is 4. The normalized spacial score (nSPS) is 10.5. The second-order valence-corrected chi connectivity index (χ2v) is 5.89. The number of anilines is 1. The molecule has 1 heterocycles. The Balaban J connectivity index is 1.82. The van der Waals surface area contributed by atoms with Crippen LogP contribution in [0, 0.1) is 6.92 Å². The number of halogens is 1. The topological polar surface area (TPSA) is 77.2 Å². The molecule has 1 amide bonds. The maximum absolute atomic E-state index is 12.3. The van der Waals surface area contributed by atoms with Crippen molar-refractivity contribution < 1.29 is 13.9 Å². The number of nitrogens with zero attached hydrogens (tertiary/aromatic N) is 2. The maximum Gasteiger partial charge on any atom is 0.313 e. The number of aromatic nitrogens is 2. The zero-order chi connectivity index (χ0) is 17.1. The van der Waals surface area contributed by atoms with Gasteiger partial charge in [0.05, 0.1) is 12.7 Å². The zero-order valence-electron chi connectivity index (χ0n) is 13.0. The van der Waals surface area contributed by atoms with E-state index in [4.69, 9.17) is 9.15 Å². The summed E-state index contributed by atoms with van der Waals surface area (Å²) in [6.45, 7) is 1.97. The van der Waals surface area contributed by atoms with Gasteiger partial charge in [0.1, 0.15) is 5.75 Å². The summed E-state index contributed by atoms with van der Waals surface area (Å²) in [5, 5.41) is 10.5. The average Bonchev–Trinajstić information content (AvgIpc) is 3.08. The molecular formula is C17H14BrN3O3. The van der Waals surface area contributed by atoms with E-state index in [0.29, 0.717) is 17.0 Å². The molecule has 0 aliphatic rings. The van der Waals surface area contributed by atoms with Crippen LogP contribution in [-0.4, -0.2) is 23.2 Å². The van der Waals surface area contributed by atoms with E-state index in [-0.39, 0.29) is 11.8 Å². The van der Waals surface area contributed by atoms with Crippen molar-refractivity contribution in [1.29, 1.82) is 0 Å². The minimum absolute atomic E-state index is 0.118. The molecule has 24 heavy (non-hydrogen) atoms. The van der Waals surface area contributed by atoms with E-state index in [0.717, 1.165) is 10.0 Å². The fourth-order valence-corrected chi connectivity index (χ4v) is 2.48. The predicted octanol–water partition coefficient (Wildman–Crippen LogP) is 4.07. The van der Waals surface area contributed by atoms with E-state index in [1.807, 2.05) is 31.2 Å². The Morgan fingerprint density at radius 2 is 2.00 bits per heavy atom. The maximum atomic E-state index is 12.3. The molecule has 0 fully saturated rings. The second-order valence-electron chi connectivity index (χ2n) is 5.03. The van der Waals surface area contributed by atoms with E-state index in [2.05, 4.69) is 31.4 Å². The minimum Gasteiger partial charge on any atom is -0.496 e. The predicted molar refractivity (Wildman–Crippen MR) is 93.1 cm³/mol. The van der Waals surface area contributed by atoms with Crippen molar-refractivity contribution in [1.82, 2.24) is 10.2 Å². The Morgan fingerprint density at radius 3 is 2.75 bits per heavy atom. The van der Waals surface area contributed by atoms with Gasteiger partial charge in [0, 0.05) is 10.2 Å². The molecule has 7 heteroatoms. The van der Waals surface area contributed by atoms with Crippen molar-refractivity contribution in [3.8, 4) is 17.2 Å². The number of benzene rings is 2. The first-order chi connectivity index (χ1) is 11.6. The Bertz CT molecular complexity index is 892. The standard InChI is InChI=1S/C17H14BrN3O3/c1-10-7-8-11(9-13(10)18)19-15(22)17-21-20-16(24-17)12-5-3-4-6-14(12)23-2/h3-9H,1-2H3,(H,19,22). The Hall–Kier alpha value is -2.67. The van der Waals surface area contributed by atoms with Crippen LogP contribution in [0.4, 0.5) is 5.69 Å². The monoisotopic (exact) mass is 387 g/mol. The molecule has 0 atom stereocenters. The van der Waals surface area contributed by atoms with Crippen LogP contribution >= 0.6 is 15.9 Å². The molecule has 1 aromatic heterocycles. The van der Waals surface area contributed by atoms with Crippen LogP contribution in [0.15, 0.2) is 51.4 Å². The number of methoxy groups -OCH3 is 1. The molecule has 3 rings (SSSR count). The number of ether oxygens (including phenoxy) is 1. The highest BCUT2D eigenvalue weighted by Gasteiger charge is 2.18. The van der Waals surface area contributed by atoms with Gasteiger partial charge in [0.25, 0.3) is 5.89 Å². The third-order valence-corrected chi connectivity index (χ3v) is 4.24. The summed E-state index contributed by atoms with van der Waals surface area (Å²) in [5.41, 5.74) is 2.34. The number of carbonyl (C=O) groups excluding carboxylic acids is 1. The first-order valence-electron chi connectivity index (χ1n) is 7.13. The number of hydrogen-bond donors (Lipinski definition) is 1. The third-order valence-electron chi connectivity index (χ3n) is 3.39. The van der Waals surface area contributed by atoms with Gasteiger partial charge in [-0.1, -0.05) is 34.1 Å². The van der Waals surface area contributed by atoms with Crippen molar-refractivity contribution >= 4 is 27.5 Å². The molecule has 0 spiro atoms. The van der Waals surface area contributed by atoms with Gasteiger partial charge in [-0.25, -0.2) is 0 Å². The summed E-state index contributed by atoms with van der Waals surface area (Å²) in [6.07, 6.45) is 0. The van der Waals surface area contributed by atoms with E-state index in [9.17, 15) is 4.79 Å². The number of amides is 1. The largest absolute Gasteiger partial charge is 0.496 e. The van der Waals surface area contributed by atoms with Crippen molar-refractivity contribution in [2.75, 3.05) is 12.4 Å². The van der Waals surface area contributed by atoms with Gasteiger partial charge in [0.2, 0.25) is 0 Å². The van der Waals surface area contributed by atoms with Gasteiger partial charge >= 0.3 is 11.8 Å². The number of hydrogen-bond acceptors (Lipinski definition) is 5. The highest BCUT2D eigenvalue weighted by Crippen LogP contribution is 2.28. The molecule has 0 aliphatic carbocycles. The van der Waals surface area contributed by atoms with E-state index >= 15 is 0 Å². The molecule has 3 aromatic rings. The molecule has 1 N–H and O–H groups in total. The molecule has 0 radical (unpaired) electrons. The summed E-state index contributed by atoms with van der Waals surface area (Å²) in [4.78, 5) is 12.3. The van der Waals surface area contributed by atoms with Crippen LogP contribution in [0.25, 0.3) is 11.5 Å². The molecule has 0 bridgehead atoms. The number of carbonyl (C=O) groups is 1. The van der Waals surface area contributed by atoms with Crippen LogP contribution < -0.4 is 10.1 Å². The van der Waals surface area contributed by atoms with Gasteiger partial charge in [-0.3, -0.25) is 4.79 Å². The molecule has 2 aromatic carbocycles. The highest BCUT2D eigenvalue weighted by atomic mass is 79.9. The van der Waals surface area contributed by atoms with Crippen molar-refractivity contribution in [2.45, 2.75) is 6.92 Å². The average molecular weight is 388 g/mol. The first-order valence-corrected chi connectivity index (χ1v) is 7.92. The Kier molecular flexibility index (Phi) is 4.61. The Labute approximate surface area is 147 Å². The third kappa shape index (κ3) is 3.30. The summed E-state index contributed by atoms with van der Waals surface area (Å²) < 4.78 is 11.6. The lowest BCUT2D eigenvalue weighted by Crippen LogP contribution is -2.12. The zero-order valence-corrected chi connectivity index (χ0v) is 14.6.